The average Bonchev–Trinajstić information content (AvgIpc) is 2.76. The number of benzene rings is 3. The van der Waals surface area contributed by atoms with Gasteiger partial charge in [0.15, 0.2) is 0 Å². The highest BCUT2D eigenvalue weighted by Crippen LogP contribution is 2.25. The van der Waals surface area contributed by atoms with Crippen LogP contribution in [0.4, 0.5) is 14.5 Å². The van der Waals surface area contributed by atoms with Crippen molar-refractivity contribution in [2.75, 3.05) is 5.32 Å². The van der Waals surface area contributed by atoms with Crippen LogP contribution in [0.25, 0.3) is 6.08 Å². The molecule has 0 spiro atoms. The van der Waals surface area contributed by atoms with Crippen molar-refractivity contribution in [3.8, 4) is 5.75 Å². The summed E-state index contributed by atoms with van der Waals surface area (Å²) in [5, 5.41) is 3.30. The summed E-state index contributed by atoms with van der Waals surface area (Å²) in [6.45, 7) is -2.93. The quantitative estimate of drug-likeness (QED) is 0.287. The second kappa shape index (κ2) is 11.4. The number of alkyl halides is 2. The first kappa shape index (κ1) is 24.2. The lowest BCUT2D eigenvalue weighted by atomic mass is 10.1. The van der Waals surface area contributed by atoms with E-state index in [2.05, 4.69) is 10.1 Å². The zero-order valence-electron chi connectivity index (χ0n) is 16.9. The number of ether oxygens (including phenoxy) is 2. The Morgan fingerprint density at radius 1 is 0.909 bits per heavy atom. The molecule has 33 heavy (non-hydrogen) atoms. The molecule has 0 saturated heterocycles. The first-order valence-corrected chi connectivity index (χ1v) is 10.3. The van der Waals surface area contributed by atoms with E-state index in [4.69, 9.17) is 27.9 Å². The first-order valence-electron chi connectivity index (χ1n) is 9.55. The number of carbonyl (C=O) groups excluding carboxylic acids is 2. The van der Waals surface area contributed by atoms with Gasteiger partial charge in [-0.05, 0) is 42.0 Å². The van der Waals surface area contributed by atoms with E-state index < -0.39 is 24.6 Å². The Labute approximate surface area is 198 Å². The van der Waals surface area contributed by atoms with E-state index in [0.717, 1.165) is 6.08 Å². The van der Waals surface area contributed by atoms with E-state index in [1.54, 1.807) is 30.3 Å². The number of carbonyl (C=O) groups is 2. The second-order valence-electron chi connectivity index (χ2n) is 6.66. The van der Waals surface area contributed by atoms with Gasteiger partial charge in [0.25, 0.3) is 5.91 Å². The SMILES string of the molecule is O=C(C=Cc1ccc(OC(F)F)cc1)OC(C(=O)Nc1cc(Cl)cc(Cl)c1)c1ccccc1. The maximum absolute atomic E-state index is 12.9. The highest BCUT2D eigenvalue weighted by molar-refractivity contribution is 6.35. The molecule has 1 unspecified atom stereocenters. The number of nitrogens with one attached hydrogen (secondary N) is 1. The molecule has 5 nitrogen and oxygen atoms in total. The van der Waals surface area contributed by atoms with Crippen molar-refractivity contribution < 1.29 is 27.8 Å². The van der Waals surface area contributed by atoms with Crippen LogP contribution in [-0.2, 0) is 14.3 Å². The molecule has 1 N–H and O–H groups in total. The molecule has 0 aromatic heterocycles. The number of hydrogen-bond acceptors (Lipinski definition) is 4. The Morgan fingerprint density at radius 2 is 1.55 bits per heavy atom. The van der Waals surface area contributed by atoms with Crippen molar-refractivity contribution in [2.45, 2.75) is 12.7 Å². The Balaban J connectivity index is 1.72. The van der Waals surface area contributed by atoms with Crippen LogP contribution in [0.5, 0.6) is 5.75 Å². The Kier molecular flexibility index (Phi) is 8.40. The molecular weight excluding hydrogens is 475 g/mol. The van der Waals surface area contributed by atoms with Crippen molar-refractivity contribution in [1.82, 2.24) is 0 Å². The minimum atomic E-state index is -2.93. The van der Waals surface area contributed by atoms with Gasteiger partial charge >= 0.3 is 12.6 Å². The van der Waals surface area contributed by atoms with Crippen molar-refractivity contribution in [1.29, 1.82) is 0 Å². The number of rotatable bonds is 8. The Morgan fingerprint density at radius 3 is 2.15 bits per heavy atom. The fraction of sp³-hybridized carbons (Fsp3) is 0.0833. The summed E-state index contributed by atoms with van der Waals surface area (Å²) in [6.07, 6.45) is 1.30. The summed E-state index contributed by atoms with van der Waals surface area (Å²) in [4.78, 5) is 25.3. The largest absolute Gasteiger partial charge is 0.444 e. The minimum absolute atomic E-state index is 0.00772. The van der Waals surface area contributed by atoms with E-state index in [-0.39, 0.29) is 5.75 Å². The molecule has 3 rings (SSSR count). The zero-order chi connectivity index (χ0) is 23.8. The van der Waals surface area contributed by atoms with Crippen molar-refractivity contribution in [3.05, 3.63) is 100 Å². The first-order chi connectivity index (χ1) is 15.8. The molecular formula is C24H17Cl2F2NO4. The van der Waals surface area contributed by atoms with Crippen LogP contribution < -0.4 is 10.1 Å². The van der Waals surface area contributed by atoms with Gasteiger partial charge in [0.2, 0.25) is 6.10 Å². The normalized spacial score (nSPS) is 11.9. The van der Waals surface area contributed by atoms with Gasteiger partial charge in [0.05, 0.1) is 0 Å². The summed E-state index contributed by atoms with van der Waals surface area (Å²) >= 11 is 11.9. The molecule has 3 aromatic carbocycles. The van der Waals surface area contributed by atoms with Crippen LogP contribution in [0.3, 0.4) is 0 Å². The van der Waals surface area contributed by atoms with Gasteiger partial charge in [0.1, 0.15) is 5.75 Å². The number of hydrogen-bond donors (Lipinski definition) is 1. The van der Waals surface area contributed by atoms with Gasteiger partial charge in [-0.1, -0.05) is 65.7 Å². The summed E-state index contributed by atoms with van der Waals surface area (Å²) in [5.41, 5.74) is 1.34. The van der Waals surface area contributed by atoms with Gasteiger partial charge < -0.3 is 14.8 Å². The lowest BCUT2D eigenvalue weighted by Gasteiger charge is -2.17. The summed E-state index contributed by atoms with van der Waals surface area (Å²) in [6, 6.07) is 18.7. The average molecular weight is 492 g/mol. The lowest BCUT2D eigenvalue weighted by molar-refractivity contribution is -0.149. The monoisotopic (exact) mass is 491 g/mol. The molecule has 170 valence electrons. The molecule has 0 fully saturated rings. The molecule has 0 heterocycles. The molecule has 0 aliphatic rings. The number of amides is 1. The fourth-order valence-electron chi connectivity index (χ4n) is 2.81. The van der Waals surface area contributed by atoms with E-state index in [1.807, 2.05) is 0 Å². The van der Waals surface area contributed by atoms with E-state index in [0.29, 0.717) is 26.9 Å². The minimum Gasteiger partial charge on any atom is -0.444 e. The summed E-state index contributed by atoms with van der Waals surface area (Å²) in [7, 11) is 0. The molecule has 0 aliphatic heterocycles. The van der Waals surface area contributed by atoms with Gasteiger partial charge in [-0.25, -0.2) is 4.79 Å². The second-order valence-corrected chi connectivity index (χ2v) is 7.53. The highest BCUT2D eigenvalue weighted by atomic mass is 35.5. The van der Waals surface area contributed by atoms with Crippen molar-refractivity contribution in [2.24, 2.45) is 0 Å². The Hall–Kier alpha value is -3.42. The smallest absolute Gasteiger partial charge is 0.387 e. The van der Waals surface area contributed by atoms with Crippen LogP contribution in [0.1, 0.15) is 17.2 Å². The predicted molar refractivity (Wildman–Crippen MR) is 122 cm³/mol. The maximum atomic E-state index is 12.9. The molecule has 0 radical (unpaired) electrons. The number of halogens is 4. The van der Waals surface area contributed by atoms with Gasteiger partial charge in [-0.2, -0.15) is 8.78 Å². The van der Waals surface area contributed by atoms with Gasteiger partial charge in [0, 0.05) is 27.4 Å². The van der Waals surface area contributed by atoms with Crippen LogP contribution in [0.2, 0.25) is 10.0 Å². The van der Waals surface area contributed by atoms with Crippen LogP contribution >= 0.6 is 23.2 Å². The molecule has 3 aromatic rings. The topological polar surface area (TPSA) is 64.6 Å². The van der Waals surface area contributed by atoms with Crippen molar-refractivity contribution >= 4 is 46.8 Å². The zero-order valence-corrected chi connectivity index (χ0v) is 18.4. The highest BCUT2D eigenvalue weighted by Gasteiger charge is 2.24. The Bertz CT molecular complexity index is 1120. The van der Waals surface area contributed by atoms with Crippen LogP contribution in [-0.4, -0.2) is 18.5 Å². The lowest BCUT2D eigenvalue weighted by Crippen LogP contribution is -2.25. The van der Waals surface area contributed by atoms with Crippen LogP contribution in [0, 0.1) is 0 Å². The third-order valence-corrected chi connectivity index (χ3v) is 4.66. The molecule has 0 aliphatic carbocycles. The maximum Gasteiger partial charge on any atom is 0.387 e. The van der Waals surface area contributed by atoms with E-state index >= 15 is 0 Å². The standard InChI is InChI=1S/C24H17Cl2F2NO4/c25-17-12-18(26)14-19(13-17)29-23(31)22(16-4-2-1-3-5-16)33-21(30)11-8-15-6-9-20(10-7-15)32-24(27)28/h1-14,22,24H,(H,29,31). The molecule has 1 amide bonds. The van der Waals surface area contributed by atoms with E-state index in [1.165, 1.54) is 48.5 Å². The molecule has 0 bridgehead atoms. The van der Waals surface area contributed by atoms with Gasteiger partial charge in [-0.15, -0.1) is 0 Å². The summed E-state index contributed by atoms with van der Waals surface area (Å²) < 4.78 is 34.1. The predicted octanol–water partition coefficient (Wildman–Crippen LogP) is 6.53. The van der Waals surface area contributed by atoms with Crippen molar-refractivity contribution in [3.63, 3.8) is 0 Å². The number of esters is 1. The molecule has 9 heteroatoms. The summed E-state index contributed by atoms with van der Waals surface area (Å²) in [5.74, 6) is -1.39. The van der Waals surface area contributed by atoms with Gasteiger partial charge in [-0.3, -0.25) is 4.79 Å². The third-order valence-electron chi connectivity index (χ3n) is 4.22. The molecule has 0 saturated carbocycles. The third kappa shape index (κ3) is 7.59. The van der Waals surface area contributed by atoms with Crippen LogP contribution in [0.15, 0.2) is 78.9 Å². The molecule has 1 atom stereocenters. The number of anilines is 1. The van der Waals surface area contributed by atoms with E-state index in [9.17, 15) is 18.4 Å². The fourth-order valence-corrected chi connectivity index (χ4v) is 3.34.